The minimum atomic E-state index is -1.52. The third kappa shape index (κ3) is 3.09. The zero-order valence-corrected chi connectivity index (χ0v) is 15.3. The fraction of sp³-hybridized carbons (Fsp3) is 0.333. The summed E-state index contributed by atoms with van der Waals surface area (Å²) < 4.78 is 43.0. The Labute approximate surface area is 151 Å². The molecule has 26 heavy (non-hydrogen) atoms. The van der Waals surface area contributed by atoms with Crippen LogP contribution in [0, 0.1) is 23.4 Å². The Balaban J connectivity index is 2.15. The Morgan fingerprint density at radius 2 is 1.81 bits per heavy atom. The normalized spacial score (nSPS) is 11.7. The van der Waals surface area contributed by atoms with Gasteiger partial charge in [-0.25, -0.2) is 18.0 Å². The van der Waals surface area contributed by atoms with E-state index in [2.05, 4.69) is 0 Å². The first kappa shape index (κ1) is 18.4. The van der Waals surface area contributed by atoms with Gasteiger partial charge in [0.1, 0.15) is 4.83 Å². The molecule has 0 spiro atoms. The molecule has 1 aromatic carbocycles. The first-order valence-corrected chi connectivity index (χ1v) is 8.87. The topological polar surface area (TPSA) is 44.0 Å². The second kappa shape index (κ2) is 6.75. The Hall–Kier alpha value is -2.35. The summed E-state index contributed by atoms with van der Waals surface area (Å²) in [6, 6.07) is 3.63. The lowest BCUT2D eigenvalue weighted by Gasteiger charge is -2.11. The van der Waals surface area contributed by atoms with Crippen molar-refractivity contribution in [2.75, 3.05) is 0 Å². The summed E-state index contributed by atoms with van der Waals surface area (Å²) in [7, 11) is 1.41. The Morgan fingerprint density at radius 3 is 2.46 bits per heavy atom. The minimum absolute atomic E-state index is 0.00139. The summed E-state index contributed by atoms with van der Waals surface area (Å²) in [6.07, 6.45) is 0.00139. The van der Waals surface area contributed by atoms with E-state index < -0.39 is 28.7 Å². The van der Waals surface area contributed by atoms with Crippen molar-refractivity contribution in [1.82, 2.24) is 9.13 Å². The molecule has 0 bridgehead atoms. The van der Waals surface area contributed by atoms with Crippen molar-refractivity contribution in [3.8, 4) is 0 Å². The van der Waals surface area contributed by atoms with Crippen LogP contribution in [0.25, 0.3) is 10.2 Å². The predicted octanol–water partition coefficient (Wildman–Crippen LogP) is 3.43. The molecule has 0 N–H and O–H groups in total. The third-order valence-electron chi connectivity index (χ3n) is 4.09. The highest BCUT2D eigenvalue weighted by Gasteiger charge is 2.18. The average Bonchev–Trinajstić information content (AvgIpc) is 3.01. The van der Waals surface area contributed by atoms with Crippen LogP contribution in [-0.2, 0) is 20.0 Å². The van der Waals surface area contributed by atoms with Crippen LogP contribution in [0.3, 0.4) is 0 Å². The standard InChI is InChI=1S/C18H17F3N2O2S/c1-9(2)8-23-17-12(16(24)22(3)18(23)25)7-11(26-17)6-10-4-5-13(19)15(21)14(10)20/h4-5,7,9H,6,8H2,1-3H3. The second-order valence-corrected chi connectivity index (χ2v) is 7.71. The highest BCUT2D eigenvalue weighted by molar-refractivity contribution is 7.18. The maximum Gasteiger partial charge on any atom is 0.331 e. The summed E-state index contributed by atoms with van der Waals surface area (Å²) in [5, 5.41) is 0.357. The zero-order chi connectivity index (χ0) is 19.2. The molecule has 0 aliphatic carbocycles. The Morgan fingerprint density at radius 1 is 1.12 bits per heavy atom. The van der Waals surface area contributed by atoms with E-state index in [1.54, 1.807) is 6.07 Å². The summed E-state index contributed by atoms with van der Waals surface area (Å²) in [4.78, 5) is 25.9. The molecule has 0 fully saturated rings. The molecule has 0 saturated heterocycles. The number of hydrogen-bond acceptors (Lipinski definition) is 3. The molecule has 2 aromatic heterocycles. The number of hydrogen-bond donors (Lipinski definition) is 0. The van der Waals surface area contributed by atoms with E-state index in [9.17, 15) is 22.8 Å². The third-order valence-corrected chi connectivity index (χ3v) is 5.25. The van der Waals surface area contributed by atoms with Crippen molar-refractivity contribution in [3.05, 3.63) is 66.9 Å². The molecule has 2 heterocycles. The molecule has 0 saturated carbocycles. The molecule has 3 rings (SSSR count). The molecule has 0 radical (unpaired) electrons. The van der Waals surface area contributed by atoms with E-state index in [1.165, 1.54) is 29.0 Å². The number of aromatic nitrogens is 2. The number of fused-ring (bicyclic) bond motifs is 1. The molecule has 4 nitrogen and oxygen atoms in total. The molecule has 0 amide bonds. The molecule has 0 atom stereocenters. The molecule has 138 valence electrons. The molecule has 3 aromatic rings. The van der Waals surface area contributed by atoms with Crippen molar-refractivity contribution in [2.24, 2.45) is 13.0 Å². The summed E-state index contributed by atoms with van der Waals surface area (Å²) in [6.45, 7) is 4.34. The van der Waals surface area contributed by atoms with Gasteiger partial charge in [0.15, 0.2) is 17.5 Å². The monoisotopic (exact) mass is 382 g/mol. The summed E-state index contributed by atoms with van der Waals surface area (Å²) in [5.41, 5.74) is -0.855. The van der Waals surface area contributed by atoms with Crippen molar-refractivity contribution in [1.29, 1.82) is 0 Å². The maximum atomic E-state index is 13.9. The average molecular weight is 382 g/mol. The van der Waals surface area contributed by atoms with Gasteiger partial charge >= 0.3 is 5.69 Å². The van der Waals surface area contributed by atoms with Crippen LogP contribution in [0.15, 0.2) is 27.8 Å². The minimum Gasteiger partial charge on any atom is -0.284 e. The van der Waals surface area contributed by atoms with E-state index in [-0.39, 0.29) is 17.9 Å². The van der Waals surface area contributed by atoms with Gasteiger partial charge in [-0.15, -0.1) is 11.3 Å². The second-order valence-electron chi connectivity index (χ2n) is 6.59. The SMILES string of the molecule is CC(C)Cn1c(=O)n(C)c(=O)c2cc(Cc3ccc(F)c(F)c3F)sc21. The highest BCUT2D eigenvalue weighted by atomic mass is 32.1. The summed E-state index contributed by atoms with van der Waals surface area (Å²) >= 11 is 1.18. The van der Waals surface area contributed by atoms with Gasteiger partial charge in [-0.05, 0) is 23.6 Å². The Kier molecular flexibility index (Phi) is 4.79. The molecule has 0 aliphatic rings. The van der Waals surface area contributed by atoms with E-state index in [0.717, 1.165) is 10.6 Å². The van der Waals surface area contributed by atoms with Crippen molar-refractivity contribution in [2.45, 2.75) is 26.8 Å². The first-order chi connectivity index (χ1) is 12.2. The van der Waals surface area contributed by atoms with Gasteiger partial charge in [0.2, 0.25) is 0 Å². The van der Waals surface area contributed by atoms with E-state index in [0.29, 0.717) is 21.6 Å². The lowest BCUT2D eigenvalue weighted by atomic mass is 10.1. The van der Waals surface area contributed by atoms with Gasteiger partial charge in [0.05, 0.1) is 5.39 Å². The van der Waals surface area contributed by atoms with Gasteiger partial charge < -0.3 is 0 Å². The Bertz CT molecular complexity index is 1110. The van der Waals surface area contributed by atoms with Crippen LogP contribution >= 0.6 is 11.3 Å². The van der Waals surface area contributed by atoms with Crippen molar-refractivity contribution >= 4 is 21.6 Å². The molecule has 0 aliphatic heterocycles. The number of rotatable bonds is 4. The van der Waals surface area contributed by atoms with E-state index in [1.807, 2.05) is 13.8 Å². The van der Waals surface area contributed by atoms with Gasteiger partial charge in [0.25, 0.3) is 5.56 Å². The zero-order valence-electron chi connectivity index (χ0n) is 14.5. The fourth-order valence-electron chi connectivity index (χ4n) is 2.82. The smallest absolute Gasteiger partial charge is 0.284 e. The largest absolute Gasteiger partial charge is 0.331 e. The van der Waals surface area contributed by atoms with E-state index >= 15 is 0 Å². The van der Waals surface area contributed by atoms with Gasteiger partial charge in [-0.3, -0.25) is 13.9 Å². The quantitative estimate of drug-likeness (QED) is 0.649. The lowest BCUT2D eigenvalue weighted by molar-refractivity contribution is 0.442. The molecular weight excluding hydrogens is 365 g/mol. The number of nitrogens with zero attached hydrogens (tertiary/aromatic N) is 2. The highest BCUT2D eigenvalue weighted by Crippen LogP contribution is 2.27. The van der Waals surface area contributed by atoms with E-state index in [4.69, 9.17) is 0 Å². The lowest BCUT2D eigenvalue weighted by Crippen LogP contribution is -2.38. The van der Waals surface area contributed by atoms with Crippen LogP contribution in [0.4, 0.5) is 13.2 Å². The molecule has 8 heteroatoms. The number of benzene rings is 1. The van der Waals surface area contributed by atoms with Gasteiger partial charge in [0, 0.05) is 24.9 Å². The molecular formula is C18H17F3N2O2S. The van der Waals surface area contributed by atoms with Crippen LogP contribution in [0.5, 0.6) is 0 Å². The number of halogens is 3. The summed E-state index contributed by atoms with van der Waals surface area (Å²) in [5.74, 6) is -3.82. The van der Waals surface area contributed by atoms with Gasteiger partial charge in [-0.2, -0.15) is 0 Å². The van der Waals surface area contributed by atoms with Crippen molar-refractivity contribution in [3.63, 3.8) is 0 Å². The van der Waals surface area contributed by atoms with Gasteiger partial charge in [-0.1, -0.05) is 19.9 Å². The number of thiophene rings is 1. The first-order valence-electron chi connectivity index (χ1n) is 8.05. The predicted molar refractivity (Wildman–Crippen MR) is 95.3 cm³/mol. The molecule has 0 unspecified atom stereocenters. The maximum absolute atomic E-state index is 13.9. The van der Waals surface area contributed by atoms with Crippen LogP contribution < -0.4 is 11.2 Å². The van der Waals surface area contributed by atoms with Crippen LogP contribution in [0.2, 0.25) is 0 Å². The van der Waals surface area contributed by atoms with Crippen LogP contribution in [0.1, 0.15) is 24.3 Å². The fourth-order valence-corrected chi connectivity index (χ4v) is 4.00. The van der Waals surface area contributed by atoms with Crippen LogP contribution in [-0.4, -0.2) is 9.13 Å². The van der Waals surface area contributed by atoms with Crippen molar-refractivity contribution < 1.29 is 13.2 Å².